The minimum Gasteiger partial charge on any atom is -0.497 e. The predicted molar refractivity (Wildman–Crippen MR) is 120 cm³/mol. The van der Waals surface area contributed by atoms with E-state index in [9.17, 15) is 9.59 Å². The lowest BCUT2D eigenvalue weighted by Gasteiger charge is -2.12. The van der Waals surface area contributed by atoms with Gasteiger partial charge in [0.1, 0.15) is 11.3 Å². The SMILES string of the molecule is COc1cccc(C(=O)Nc2oc3ccc(Cl)cc3c(=O)c2-c2ccc3c(c2)OCO3)c1. The van der Waals surface area contributed by atoms with E-state index in [4.69, 9.17) is 30.2 Å². The molecule has 1 N–H and O–H groups in total. The fourth-order valence-corrected chi connectivity index (χ4v) is 3.68. The smallest absolute Gasteiger partial charge is 0.258 e. The number of ether oxygens (including phenoxy) is 3. The number of nitrogens with one attached hydrogen (secondary N) is 1. The summed E-state index contributed by atoms with van der Waals surface area (Å²) in [4.78, 5) is 26.4. The van der Waals surface area contributed by atoms with E-state index in [2.05, 4.69) is 5.32 Å². The van der Waals surface area contributed by atoms with E-state index in [1.54, 1.807) is 54.6 Å². The molecule has 32 heavy (non-hydrogen) atoms. The van der Waals surface area contributed by atoms with Gasteiger partial charge >= 0.3 is 0 Å². The number of carbonyl (C=O) groups is 1. The Balaban J connectivity index is 1.67. The number of hydrogen-bond donors (Lipinski definition) is 1. The van der Waals surface area contributed by atoms with Crippen LogP contribution in [0.25, 0.3) is 22.1 Å². The first-order chi connectivity index (χ1) is 15.5. The van der Waals surface area contributed by atoms with Crippen LogP contribution in [0, 0.1) is 0 Å². The second-order valence-electron chi connectivity index (χ2n) is 7.03. The third kappa shape index (κ3) is 3.52. The van der Waals surface area contributed by atoms with E-state index in [0.29, 0.717) is 44.4 Å². The molecule has 4 aromatic rings. The van der Waals surface area contributed by atoms with Crippen LogP contribution in [0.15, 0.2) is 69.9 Å². The van der Waals surface area contributed by atoms with Crippen LogP contribution in [0.1, 0.15) is 10.4 Å². The Bertz CT molecular complexity index is 1430. The maximum absolute atomic E-state index is 13.5. The maximum Gasteiger partial charge on any atom is 0.258 e. The van der Waals surface area contributed by atoms with E-state index < -0.39 is 5.91 Å². The number of benzene rings is 3. The van der Waals surface area contributed by atoms with Crippen molar-refractivity contribution in [2.75, 3.05) is 19.2 Å². The first kappa shape index (κ1) is 20.0. The molecule has 0 bridgehead atoms. The lowest BCUT2D eigenvalue weighted by molar-refractivity contribution is 0.102. The van der Waals surface area contributed by atoms with Gasteiger partial charge in [0.25, 0.3) is 5.91 Å². The van der Waals surface area contributed by atoms with Crippen LogP contribution in [0.2, 0.25) is 5.02 Å². The Morgan fingerprint density at radius 1 is 1.03 bits per heavy atom. The van der Waals surface area contributed by atoms with E-state index >= 15 is 0 Å². The third-order valence-corrected chi connectivity index (χ3v) is 5.31. The van der Waals surface area contributed by atoms with Gasteiger partial charge in [-0.25, -0.2) is 0 Å². The topological polar surface area (TPSA) is 87.0 Å². The molecule has 8 heteroatoms. The number of hydrogen-bond acceptors (Lipinski definition) is 6. The van der Waals surface area contributed by atoms with Crippen molar-refractivity contribution in [1.29, 1.82) is 0 Å². The molecule has 2 heterocycles. The van der Waals surface area contributed by atoms with Crippen LogP contribution in [0.4, 0.5) is 5.88 Å². The van der Waals surface area contributed by atoms with Gasteiger partial charge in [0.05, 0.1) is 18.1 Å². The fraction of sp³-hybridized carbons (Fsp3) is 0.0833. The molecule has 1 aromatic heterocycles. The number of rotatable bonds is 4. The van der Waals surface area contributed by atoms with Crippen molar-refractivity contribution in [1.82, 2.24) is 0 Å². The first-order valence-electron chi connectivity index (χ1n) is 9.65. The number of fused-ring (bicyclic) bond motifs is 2. The molecule has 0 fully saturated rings. The van der Waals surface area contributed by atoms with Gasteiger partial charge in [-0.05, 0) is 54.1 Å². The first-order valence-corrected chi connectivity index (χ1v) is 10.0. The summed E-state index contributed by atoms with van der Waals surface area (Å²) in [6.07, 6.45) is 0. The van der Waals surface area contributed by atoms with Gasteiger partial charge in [-0.3, -0.25) is 14.9 Å². The van der Waals surface area contributed by atoms with E-state index in [-0.39, 0.29) is 23.7 Å². The number of amides is 1. The van der Waals surface area contributed by atoms with Crippen LogP contribution in [-0.2, 0) is 0 Å². The molecule has 1 amide bonds. The van der Waals surface area contributed by atoms with Crippen LogP contribution in [-0.4, -0.2) is 19.8 Å². The lowest BCUT2D eigenvalue weighted by Crippen LogP contribution is -2.16. The van der Waals surface area contributed by atoms with Crippen LogP contribution in [0.3, 0.4) is 0 Å². The van der Waals surface area contributed by atoms with Crippen molar-refractivity contribution in [2.24, 2.45) is 0 Å². The van der Waals surface area contributed by atoms with Gasteiger partial charge in [0, 0.05) is 10.6 Å². The zero-order valence-electron chi connectivity index (χ0n) is 16.8. The second kappa shape index (κ2) is 7.94. The zero-order chi connectivity index (χ0) is 22.2. The molecule has 5 rings (SSSR count). The van der Waals surface area contributed by atoms with Crippen molar-refractivity contribution in [3.8, 4) is 28.4 Å². The maximum atomic E-state index is 13.5. The standard InChI is InChI=1S/C24H16ClNO6/c1-29-16-4-2-3-14(9-16)23(28)26-24-21(13-5-7-19-20(10-13)31-12-30-19)22(27)17-11-15(25)6-8-18(17)32-24/h2-11H,12H2,1H3,(H,26,28). The highest BCUT2D eigenvalue weighted by atomic mass is 35.5. The summed E-state index contributed by atoms with van der Waals surface area (Å²) < 4.78 is 21.9. The third-order valence-electron chi connectivity index (χ3n) is 5.07. The van der Waals surface area contributed by atoms with Gasteiger partial charge in [0.15, 0.2) is 11.5 Å². The molecule has 3 aromatic carbocycles. The Hall–Kier alpha value is -3.97. The van der Waals surface area contributed by atoms with E-state index in [1.807, 2.05) is 0 Å². The van der Waals surface area contributed by atoms with Crippen molar-refractivity contribution in [2.45, 2.75) is 0 Å². The molecule has 1 aliphatic heterocycles. The minimum absolute atomic E-state index is 0.0107. The quantitative estimate of drug-likeness (QED) is 0.466. The summed E-state index contributed by atoms with van der Waals surface area (Å²) in [5.41, 5.74) is 0.985. The average Bonchev–Trinajstić information content (AvgIpc) is 3.28. The summed E-state index contributed by atoms with van der Waals surface area (Å²) in [5.74, 6) is 1.16. The summed E-state index contributed by atoms with van der Waals surface area (Å²) >= 11 is 6.10. The predicted octanol–water partition coefficient (Wildman–Crippen LogP) is 5.10. The normalized spacial score (nSPS) is 12.1. The Kier molecular flexibility index (Phi) is 4.95. The van der Waals surface area contributed by atoms with E-state index in [1.165, 1.54) is 13.2 Å². The summed E-state index contributed by atoms with van der Waals surface area (Å²) in [7, 11) is 1.52. The average molecular weight is 450 g/mol. The highest BCUT2D eigenvalue weighted by molar-refractivity contribution is 6.31. The monoisotopic (exact) mass is 449 g/mol. The van der Waals surface area contributed by atoms with Crippen molar-refractivity contribution in [3.63, 3.8) is 0 Å². The molecule has 0 saturated heterocycles. The Labute approximate surface area is 187 Å². The molecule has 0 saturated carbocycles. The van der Waals surface area contributed by atoms with Crippen LogP contribution < -0.4 is 25.0 Å². The summed E-state index contributed by atoms with van der Waals surface area (Å²) in [6.45, 7) is 0.0974. The minimum atomic E-state index is -0.456. The molecule has 7 nitrogen and oxygen atoms in total. The zero-order valence-corrected chi connectivity index (χ0v) is 17.6. The van der Waals surface area contributed by atoms with Crippen LogP contribution in [0.5, 0.6) is 17.2 Å². The second-order valence-corrected chi connectivity index (χ2v) is 7.47. The lowest BCUT2D eigenvalue weighted by atomic mass is 10.0. The van der Waals surface area contributed by atoms with Gasteiger partial charge < -0.3 is 18.6 Å². The molecule has 0 atom stereocenters. The highest BCUT2D eigenvalue weighted by Gasteiger charge is 2.22. The molecule has 160 valence electrons. The van der Waals surface area contributed by atoms with Gasteiger partial charge in [-0.1, -0.05) is 23.7 Å². The molecule has 0 unspecified atom stereocenters. The number of anilines is 1. The van der Waals surface area contributed by atoms with E-state index in [0.717, 1.165) is 0 Å². The molecule has 0 spiro atoms. The van der Waals surface area contributed by atoms with Gasteiger partial charge in [-0.2, -0.15) is 0 Å². The Morgan fingerprint density at radius 3 is 2.72 bits per heavy atom. The van der Waals surface area contributed by atoms with Crippen LogP contribution >= 0.6 is 11.6 Å². The summed E-state index contributed by atoms with van der Waals surface area (Å²) in [6, 6.07) is 16.5. The fourth-order valence-electron chi connectivity index (χ4n) is 3.51. The molecule has 0 radical (unpaired) electrons. The molecule has 1 aliphatic rings. The Morgan fingerprint density at radius 2 is 1.88 bits per heavy atom. The number of halogens is 1. The number of carbonyl (C=O) groups excluding carboxylic acids is 1. The summed E-state index contributed by atoms with van der Waals surface area (Å²) in [5, 5.41) is 3.42. The number of methoxy groups -OCH3 is 1. The molecular formula is C24H16ClNO6. The molecule has 0 aliphatic carbocycles. The van der Waals surface area contributed by atoms with Crippen molar-refractivity contribution < 1.29 is 23.4 Å². The van der Waals surface area contributed by atoms with Crippen molar-refractivity contribution in [3.05, 3.63) is 81.5 Å². The molecular weight excluding hydrogens is 434 g/mol. The largest absolute Gasteiger partial charge is 0.497 e. The highest BCUT2D eigenvalue weighted by Crippen LogP contribution is 2.38. The van der Waals surface area contributed by atoms with Crippen molar-refractivity contribution >= 4 is 34.4 Å². The van der Waals surface area contributed by atoms with Gasteiger partial charge in [0.2, 0.25) is 18.1 Å². The van der Waals surface area contributed by atoms with Gasteiger partial charge in [-0.15, -0.1) is 0 Å².